The maximum Gasteiger partial charge on any atom is 0.119 e. The molecule has 3 nitrogen and oxygen atoms in total. The van der Waals surface area contributed by atoms with Crippen LogP contribution in [0.3, 0.4) is 0 Å². The molecule has 2 aromatic carbocycles. The maximum atomic E-state index is 5.90. The van der Waals surface area contributed by atoms with E-state index in [9.17, 15) is 0 Å². The molecule has 0 aromatic heterocycles. The molecule has 0 N–H and O–H groups in total. The zero-order chi connectivity index (χ0) is 17.2. The molecule has 0 saturated heterocycles. The molecule has 2 aromatic rings. The van der Waals surface area contributed by atoms with Crippen LogP contribution in [0.4, 0.5) is 0 Å². The molecule has 0 unspecified atom stereocenters. The van der Waals surface area contributed by atoms with Crippen molar-refractivity contribution in [1.29, 1.82) is 0 Å². The second-order valence-corrected chi connectivity index (χ2v) is 6.23. The van der Waals surface area contributed by atoms with E-state index in [0.29, 0.717) is 19.1 Å². The standard InChI is InChI=1S/C20H26ClNO2/c1-17-3-7-19(8-4-17)23-15-13-22(12-11-21)14-16-24-20-9-5-18(2)6-10-20/h3-10H,11-16H2,1-2H3. The first kappa shape index (κ1) is 18.6. The summed E-state index contributed by atoms with van der Waals surface area (Å²) in [6, 6.07) is 16.2. The van der Waals surface area contributed by atoms with Crippen LogP contribution in [0.5, 0.6) is 11.5 Å². The van der Waals surface area contributed by atoms with Gasteiger partial charge in [-0.1, -0.05) is 35.4 Å². The van der Waals surface area contributed by atoms with Crippen molar-refractivity contribution in [2.75, 3.05) is 38.7 Å². The number of ether oxygens (including phenoxy) is 2. The molecule has 0 bridgehead atoms. The van der Waals surface area contributed by atoms with Gasteiger partial charge < -0.3 is 9.47 Å². The molecule has 0 radical (unpaired) electrons. The topological polar surface area (TPSA) is 21.7 Å². The Morgan fingerprint density at radius 3 is 1.50 bits per heavy atom. The first-order chi connectivity index (χ1) is 11.7. The Labute approximate surface area is 150 Å². The number of nitrogens with zero attached hydrogens (tertiary/aromatic N) is 1. The molecule has 0 aliphatic carbocycles. The minimum absolute atomic E-state index is 0.606. The summed E-state index contributed by atoms with van der Waals surface area (Å²) in [4.78, 5) is 2.26. The SMILES string of the molecule is Cc1ccc(OCCN(CCCl)CCOc2ccc(C)cc2)cc1. The fourth-order valence-corrected chi connectivity index (χ4v) is 2.55. The van der Waals surface area contributed by atoms with E-state index in [2.05, 4.69) is 43.0 Å². The van der Waals surface area contributed by atoms with Crippen molar-refractivity contribution in [3.8, 4) is 11.5 Å². The summed E-state index contributed by atoms with van der Waals surface area (Å²) in [7, 11) is 0. The summed E-state index contributed by atoms with van der Waals surface area (Å²) in [5.41, 5.74) is 2.47. The normalized spacial score (nSPS) is 10.8. The highest BCUT2D eigenvalue weighted by molar-refractivity contribution is 6.18. The highest BCUT2D eigenvalue weighted by Gasteiger charge is 2.05. The lowest BCUT2D eigenvalue weighted by atomic mass is 10.2. The third-order valence-electron chi connectivity index (χ3n) is 3.80. The maximum absolute atomic E-state index is 5.90. The highest BCUT2D eigenvalue weighted by Crippen LogP contribution is 2.12. The average molecular weight is 348 g/mol. The Morgan fingerprint density at radius 1 is 0.708 bits per heavy atom. The molecule has 24 heavy (non-hydrogen) atoms. The molecule has 0 aliphatic heterocycles. The van der Waals surface area contributed by atoms with Crippen LogP contribution in [0, 0.1) is 13.8 Å². The van der Waals surface area contributed by atoms with E-state index in [0.717, 1.165) is 31.1 Å². The number of aryl methyl sites for hydroxylation is 2. The van der Waals surface area contributed by atoms with Gasteiger partial charge in [0.05, 0.1) is 0 Å². The lowest BCUT2D eigenvalue weighted by molar-refractivity contribution is 0.183. The van der Waals surface area contributed by atoms with Gasteiger partial charge in [0.25, 0.3) is 0 Å². The molecule has 0 heterocycles. The van der Waals surface area contributed by atoms with Gasteiger partial charge in [-0.15, -0.1) is 11.6 Å². The monoisotopic (exact) mass is 347 g/mol. The van der Waals surface area contributed by atoms with E-state index >= 15 is 0 Å². The largest absolute Gasteiger partial charge is 0.492 e. The minimum atomic E-state index is 0.606. The van der Waals surface area contributed by atoms with Crippen LogP contribution in [0.25, 0.3) is 0 Å². The van der Waals surface area contributed by atoms with Gasteiger partial charge in [-0.05, 0) is 38.1 Å². The van der Waals surface area contributed by atoms with Crippen LogP contribution < -0.4 is 9.47 Å². The van der Waals surface area contributed by atoms with Gasteiger partial charge in [-0.2, -0.15) is 0 Å². The summed E-state index contributed by atoms with van der Waals surface area (Å²) in [5.74, 6) is 2.42. The van der Waals surface area contributed by atoms with Gasteiger partial charge >= 0.3 is 0 Å². The molecule has 0 saturated carbocycles. The number of hydrogen-bond acceptors (Lipinski definition) is 3. The molecule has 0 amide bonds. The molecule has 0 spiro atoms. The van der Waals surface area contributed by atoms with E-state index in [-0.39, 0.29) is 0 Å². The number of hydrogen-bond donors (Lipinski definition) is 0. The van der Waals surface area contributed by atoms with Crippen molar-refractivity contribution in [3.63, 3.8) is 0 Å². The summed E-state index contributed by atoms with van der Waals surface area (Å²) in [6.07, 6.45) is 0. The fourth-order valence-electron chi connectivity index (χ4n) is 2.31. The van der Waals surface area contributed by atoms with Gasteiger partial charge in [-0.25, -0.2) is 0 Å². The molecule has 2 rings (SSSR count). The Morgan fingerprint density at radius 2 is 1.12 bits per heavy atom. The van der Waals surface area contributed by atoms with Gasteiger partial charge in [-0.3, -0.25) is 4.90 Å². The summed E-state index contributed by atoms with van der Waals surface area (Å²) < 4.78 is 11.6. The Bertz CT molecular complexity index is 532. The second-order valence-electron chi connectivity index (χ2n) is 5.85. The highest BCUT2D eigenvalue weighted by atomic mass is 35.5. The van der Waals surface area contributed by atoms with Gasteiger partial charge in [0.15, 0.2) is 0 Å². The van der Waals surface area contributed by atoms with Crippen molar-refractivity contribution in [3.05, 3.63) is 59.7 Å². The van der Waals surface area contributed by atoms with E-state index in [1.165, 1.54) is 11.1 Å². The van der Waals surface area contributed by atoms with Crippen LogP contribution in [-0.2, 0) is 0 Å². The predicted octanol–water partition coefficient (Wildman–Crippen LogP) is 4.30. The molecule has 4 heteroatoms. The third-order valence-corrected chi connectivity index (χ3v) is 3.96. The Balaban J connectivity index is 1.70. The lowest BCUT2D eigenvalue weighted by Gasteiger charge is -2.21. The van der Waals surface area contributed by atoms with Crippen LogP contribution in [0.1, 0.15) is 11.1 Å². The number of benzene rings is 2. The Kier molecular flexibility index (Phi) is 7.93. The third kappa shape index (κ3) is 6.81. The summed E-state index contributed by atoms with van der Waals surface area (Å²) in [5, 5.41) is 0. The zero-order valence-electron chi connectivity index (χ0n) is 14.5. The predicted molar refractivity (Wildman–Crippen MR) is 101 cm³/mol. The van der Waals surface area contributed by atoms with Crippen molar-refractivity contribution in [1.82, 2.24) is 4.90 Å². The summed E-state index contributed by atoms with van der Waals surface area (Å²) >= 11 is 5.90. The first-order valence-electron chi connectivity index (χ1n) is 8.34. The van der Waals surface area contributed by atoms with Crippen LogP contribution in [-0.4, -0.2) is 43.6 Å². The van der Waals surface area contributed by atoms with Gasteiger partial charge in [0, 0.05) is 25.5 Å². The van der Waals surface area contributed by atoms with Crippen LogP contribution in [0.15, 0.2) is 48.5 Å². The number of alkyl halides is 1. The van der Waals surface area contributed by atoms with E-state index in [4.69, 9.17) is 21.1 Å². The Hall–Kier alpha value is -1.71. The van der Waals surface area contributed by atoms with Crippen molar-refractivity contribution >= 4 is 11.6 Å². The van der Waals surface area contributed by atoms with E-state index in [1.54, 1.807) is 0 Å². The molecular formula is C20H26ClNO2. The summed E-state index contributed by atoms with van der Waals surface area (Å²) in [6.45, 7) is 7.92. The fraction of sp³-hybridized carbons (Fsp3) is 0.400. The van der Waals surface area contributed by atoms with Gasteiger partial charge in [0.1, 0.15) is 24.7 Å². The van der Waals surface area contributed by atoms with Crippen LogP contribution in [0.2, 0.25) is 0 Å². The average Bonchev–Trinajstić information content (AvgIpc) is 2.58. The molecule has 0 fully saturated rings. The minimum Gasteiger partial charge on any atom is -0.492 e. The molecule has 0 aliphatic rings. The second kappa shape index (κ2) is 10.2. The van der Waals surface area contributed by atoms with E-state index in [1.807, 2.05) is 24.3 Å². The van der Waals surface area contributed by atoms with Crippen LogP contribution >= 0.6 is 11.6 Å². The lowest BCUT2D eigenvalue weighted by Crippen LogP contribution is -2.34. The van der Waals surface area contributed by atoms with Crippen molar-refractivity contribution in [2.45, 2.75) is 13.8 Å². The van der Waals surface area contributed by atoms with Gasteiger partial charge in [0.2, 0.25) is 0 Å². The number of rotatable bonds is 10. The molecule has 0 atom stereocenters. The molecular weight excluding hydrogens is 322 g/mol. The smallest absolute Gasteiger partial charge is 0.119 e. The quantitative estimate of drug-likeness (QED) is 0.598. The van der Waals surface area contributed by atoms with Crippen molar-refractivity contribution in [2.24, 2.45) is 0 Å². The van der Waals surface area contributed by atoms with Crippen molar-refractivity contribution < 1.29 is 9.47 Å². The first-order valence-corrected chi connectivity index (χ1v) is 8.88. The number of halogens is 1. The molecule has 130 valence electrons. The van der Waals surface area contributed by atoms with E-state index < -0.39 is 0 Å². The zero-order valence-corrected chi connectivity index (χ0v) is 15.3.